The van der Waals surface area contributed by atoms with E-state index in [1.165, 1.54) is 0 Å². The summed E-state index contributed by atoms with van der Waals surface area (Å²) >= 11 is 0. The molecule has 7 heteroatoms. The molecule has 1 unspecified atom stereocenters. The molecule has 0 aromatic carbocycles. The highest BCUT2D eigenvalue weighted by Crippen LogP contribution is 2.06. The molecular weight excluding hydrogens is 226 g/mol. The van der Waals surface area contributed by atoms with Crippen molar-refractivity contribution in [1.29, 1.82) is 5.41 Å². The van der Waals surface area contributed by atoms with Crippen molar-refractivity contribution in [3.63, 3.8) is 0 Å². The Morgan fingerprint density at radius 1 is 1.41 bits per heavy atom. The molecule has 7 nitrogen and oxygen atoms in total. The van der Waals surface area contributed by atoms with E-state index in [4.69, 9.17) is 25.8 Å². The van der Waals surface area contributed by atoms with Gasteiger partial charge in [-0.3, -0.25) is 10.2 Å². The number of nitrogens with two attached hydrogens (primary N) is 1. The minimum Gasteiger partial charge on any atom is -0.481 e. The second-order valence-electron chi connectivity index (χ2n) is 4.34. The van der Waals surface area contributed by atoms with E-state index in [9.17, 15) is 4.79 Å². The van der Waals surface area contributed by atoms with E-state index in [1.54, 1.807) is 27.7 Å². The molecule has 0 saturated heterocycles. The van der Waals surface area contributed by atoms with Crippen LogP contribution in [0.2, 0.25) is 0 Å². The monoisotopic (exact) mass is 247 g/mol. The van der Waals surface area contributed by atoms with Crippen LogP contribution in [0.5, 0.6) is 0 Å². The summed E-state index contributed by atoms with van der Waals surface area (Å²) in [6.07, 6.45) is -0.560. The molecule has 100 valence electrons. The zero-order chi connectivity index (χ0) is 14.2. The van der Waals surface area contributed by atoms with Crippen LogP contribution < -0.4 is 11.1 Å². The third kappa shape index (κ3) is 16.9. The zero-order valence-corrected chi connectivity index (χ0v) is 10.8. The Balaban J connectivity index is 0. The molecule has 0 aromatic heterocycles. The van der Waals surface area contributed by atoms with E-state index < -0.39 is 23.7 Å². The van der Waals surface area contributed by atoms with Crippen molar-refractivity contribution in [2.45, 2.75) is 46.3 Å². The smallest absolute Gasteiger partial charge is 0.408 e. The van der Waals surface area contributed by atoms with Crippen LogP contribution in [0.1, 0.15) is 34.6 Å². The molecule has 0 bridgehead atoms. The number of hydrogen-bond donors (Lipinski definition) is 4. The summed E-state index contributed by atoms with van der Waals surface area (Å²) in [4.78, 5) is 20.1. The predicted octanol–water partition coefficient (Wildman–Crippen LogP) is 0.926. The first-order valence-electron chi connectivity index (χ1n) is 4.98. The van der Waals surface area contributed by atoms with Crippen LogP contribution in [0.3, 0.4) is 0 Å². The summed E-state index contributed by atoms with van der Waals surface area (Å²) in [7, 11) is 0. The van der Waals surface area contributed by atoms with Gasteiger partial charge in [0, 0.05) is 6.92 Å². The fourth-order valence-electron chi connectivity index (χ4n) is 0.562. The molecule has 0 aliphatic rings. The Morgan fingerprint density at radius 2 is 1.76 bits per heavy atom. The Labute approximate surface area is 101 Å². The lowest BCUT2D eigenvalue weighted by Gasteiger charge is -2.21. The second kappa shape index (κ2) is 7.48. The van der Waals surface area contributed by atoms with E-state index >= 15 is 0 Å². The normalized spacial score (nSPS) is 11.6. The number of hydrogen-bond acceptors (Lipinski definition) is 4. The van der Waals surface area contributed by atoms with Crippen LogP contribution in [0, 0.1) is 5.41 Å². The molecule has 0 saturated carbocycles. The average Bonchev–Trinajstić information content (AvgIpc) is 1.97. The predicted molar refractivity (Wildman–Crippen MR) is 64.1 cm³/mol. The molecule has 0 rings (SSSR count). The Kier molecular flexibility index (Phi) is 7.74. The molecule has 0 fully saturated rings. The quantitative estimate of drug-likeness (QED) is 0.426. The van der Waals surface area contributed by atoms with Gasteiger partial charge in [-0.1, -0.05) is 0 Å². The van der Waals surface area contributed by atoms with Gasteiger partial charge in [0.1, 0.15) is 11.4 Å². The van der Waals surface area contributed by atoms with Crippen molar-refractivity contribution >= 4 is 17.9 Å². The zero-order valence-electron chi connectivity index (χ0n) is 10.8. The molecule has 1 atom stereocenters. The number of carbonyl (C=O) groups excluding carboxylic acids is 1. The van der Waals surface area contributed by atoms with Crippen molar-refractivity contribution in [3.8, 4) is 0 Å². The number of carboxylic acids is 1. The molecule has 1 amide bonds. The van der Waals surface area contributed by atoms with Crippen LogP contribution in [-0.4, -0.2) is 34.6 Å². The largest absolute Gasteiger partial charge is 0.481 e. The molecule has 0 spiro atoms. The summed E-state index contributed by atoms with van der Waals surface area (Å²) < 4.78 is 4.96. The number of amides is 1. The number of nitrogens with one attached hydrogen (secondary N) is 2. The number of rotatable bonds is 2. The summed E-state index contributed by atoms with van der Waals surface area (Å²) in [6, 6.07) is -0.491. The molecule has 17 heavy (non-hydrogen) atoms. The van der Waals surface area contributed by atoms with Crippen LogP contribution in [-0.2, 0) is 9.53 Å². The standard InChI is InChI=1S/C8H17N3O2.C2H4O2/c1-5(6(9)10)11-7(12)13-8(2,3)4;1-2(3)4/h5H,1-4H3,(H3,9,10)(H,11,12);1H3,(H,3,4). The van der Waals surface area contributed by atoms with Gasteiger partial charge in [-0.15, -0.1) is 0 Å². The molecule has 0 heterocycles. The van der Waals surface area contributed by atoms with E-state index in [1.807, 2.05) is 0 Å². The third-order valence-corrected chi connectivity index (χ3v) is 1.20. The van der Waals surface area contributed by atoms with Gasteiger partial charge in [-0.25, -0.2) is 4.79 Å². The maximum absolute atomic E-state index is 11.1. The molecule has 0 aromatic rings. The fourth-order valence-corrected chi connectivity index (χ4v) is 0.562. The van der Waals surface area contributed by atoms with E-state index in [2.05, 4.69) is 5.32 Å². The van der Waals surface area contributed by atoms with Crippen LogP contribution in [0.15, 0.2) is 0 Å². The number of alkyl carbamates (subject to hydrolysis) is 1. The van der Waals surface area contributed by atoms with Gasteiger partial charge in [-0.2, -0.15) is 0 Å². The first-order chi connectivity index (χ1) is 7.45. The van der Waals surface area contributed by atoms with Crippen LogP contribution in [0.4, 0.5) is 4.79 Å². The maximum atomic E-state index is 11.1. The Morgan fingerprint density at radius 3 is 2.00 bits per heavy atom. The third-order valence-electron chi connectivity index (χ3n) is 1.20. The van der Waals surface area contributed by atoms with Gasteiger partial charge in [0.25, 0.3) is 5.97 Å². The van der Waals surface area contributed by atoms with Gasteiger partial charge in [-0.05, 0) is 27.7 Å². The second-order valence-corrected chi connectivity index (χ2v) is 4.34. The van der Waals surface area contributed by atoms with Gasteiger partial charge >= 0.3 is 6.09 Å². The lowest BCUT2D eigenvalue weighted by Crippen LogP contribution is -2.44. The van der Waals surface area contributed by atoms with Crippen molar-refractivity contribution in [2.24, 2.45) is 5.73 Å². The Hall–Kier alpha value is -1.79. The number of amidine groups is 1. The lowest BCUT2D eigenvalue weighted by molar-refractivity contribution is -0.134. The maximum Gasteiger partial charge on any atom is 0.408 e. The number of carboxylic acid groups (broad SMARTS) is 1. The van der Waals surface area contributed by atoms with Crippen molar-refractivity contribution in [2.75, 3.05) is 0 Å². The van der Waals surface area contributed by atoms with E-state index in [-0.39, 0.29) is 5.84 Å². The molecule has 5 N–H and O–H groups in total. The lowest BCUT2D eigenvalue weighted by atomic mass is 10.2. The van der Waals surface area contributed by atoms with Gasteiger partial charge in [0.05, 0.1) is 6.04 Å². The molecule has 0 aliphatic carbocycles. The summed E-state index contributed by atoms with van der Waals surface area (Å²) in [5.74, 6) is -0.925. The summed E-state index contributed by atoms with van der Waals surface area (Å²) in [5.41, 5.74) is 4.63. The van der Waals surface area contributed by atoms with Crippen LogP contribution >= 0.6 is 0 Å². The van der Waals surface area contributed by atoms with E-state index in [0.717, 1.165) is 6.92 Å². The number of aliphatic carboxylic acids is 1. The van der Waals surface area contributed by atoms with Gasteiger partial charge in [0.15, 0.2) is 0 Å². The highest BCUT2D eigenvalue weighted by Gasteiger charge is 2.18. The minimum absolute atomic E-state index is 0.0918. The highest BCUT2D eigenvalue weighted by atomic mass is 16.6. The van der Waals surface area contributed by atoms with Gasteiger partial charge < -0.3 is 20.9 Å². The topological polar surface area (TPSA) is 126 Å². The summed E-state index contributed by atoms with van der Waals surface area (Å²) in [5, 5.41) is 16.9. The molecular formula is C10H21N3O4. The van der Waals surface area contributed by atoms with Crippen molar-refractivity contribution in [3.05, 3.63) is 0 Å². The number of carbonyl (C=O) groups is 2. The Bertz CT molecular complexity index is 280. The summed E-state index contributed by atoms with van der Waals surface area (Å²) in [6.45, 7) is 8.01. The first kappa shape index (κ1) is 17.6. The fraction of sp³-hybridized carbons (Fsp3) is 0.700. The average molecular weight is 247 g/mol. The van der Waals surface area contributed by atoms with Crippen LogP contribution in [0.25, 0.3) is 0 Å². The molecule has 0 aliphatic heterocycles. The van der Waals surface area contributed by atoms with E-state index in [0.29, 0.717) is 0 Å². The molecule has 0 radical (unpaired) electrons. The minimum atomic E-state index is -0.833. The highest BCUT2D eigenvalue weighted by molar-refractivity contribution is 5.85. The number of ether oxygens (including phenoxy) is 1. The van der Waals surface area contributed by atoms with Crippen molar-refractivity contribution < 1.29 is 19.4 Å². The van der Waals surface area contributed by atoms with Gasteiger partial charge in [0.2, 0.25) is 0 Å². The SMILES string of the molecule is CC(=O)O.CC(NC(=O)OC(C)(C)C)C(=N)N. The van der Waals surface area contributed by atoms with Crippen molar-refractivity contribution in [1.82, 2.24) is 5.32 Å². The first-order valence-corrected chi connectivity index (χ1v) is 4.98.